The molecule has 4 N–H and O–H groups in total. The molecule has 1 aromatic heterocycles. The quantitative estimate of drug-likeness (QED) is 0.316. The third-order valence-electron chi connectivity index (χ3n) is 4.63. The molecule has 1 amide bonds. The van der Waals surface area contributed by atoms with Gasteiger partial charge in [-0.25, -0.2) is 4.99 Å². The Bertz CT molecular complexity index is 566. The van der Waals surface area contributed by atoms with Crippen LogP contribution in [-0.2, 0) is 10.4 Å². The maximum atomic E-state index is 12.1. The minimum Gasteiger partial charge on any atom is -0.383 e. The van der Waals surface area contributed by atoms with Gasteiger partial charge < -0.3 is 21.1 Å². The van der Waals surface area contributed by atoms with Crippen LogP contribution in [0.25, 0.3) is 0 Å². The third kappa shape index (κ3) is 6.61. The van der Waals surface area contributed by atoms with Crippen LogP contribution in [0.1, 0.15) is 50.8 Å². The summed E-state index contributed by atoms with van der Waals surface area (Å²) >= 11 is 1.53. The molecule has 26 heavy (non-hydrogen) atoms. The highest BCUT2D eigenvalue weighted by atomic mass is 32.1. The SMILES string of the molecule is CCNC(=NCC(C)(O)c1cccs1)NCCNC(=O)C1CCCCC1. The number of carbonyl (C=O) groups excluding carboxylic acids is 1. The van der Waals surface area contributed by atoms with Crippen LogP contribution in [0.3, 0.4) is 0 Å². The van der Waals surface area contributed by atoms with Gasteiger partial charge in [-0.2, -0.15) is 0 Å². The predicted molar refractivity (Wildman–Crippen MR) is 107 cm³/mol. The van der Waals surface area contributed by atoms with Crippen LogP contribution in [0.4, 0.5) is 0 Å². The Balaban J connectivity index is 1.75. The van der Waals surface area contributed by atoms with E-state index in [1.54, 1.807) is 6.92 Å². The molecule has 0 bridgehead atoms. The fourth-order valence-electron chi connectivity index (χ4n) is 3.11. The standard InChI is InChI=1S/C19H32N4O2S/c1-3-20-18(23-14-19(2,25)16-10-7-13-26-16)22-12-11-21-17(24)15-8-5-4-6-9-15/h7,10,13,15,25H,3-6,8-9,11-12,14H2,1-2H3,(H,21,24)(H2,20,22,23). The van der Waals surface area contributed by atoms with Gasteiger partial charge >= 0.3 is 0 Å². The molecule has 1 atom stereocenters. The predicted octanol–water partition coefficient (Wildman–Crippen LogP) is 2.21. The Hall–Kier alpha value is -1.60. The van der Waals surface area contributed by atoms with Crippen LogP contribution in [0.15, 0.2) is 22.5 Å². The van der Waals surface area contributed by atoms with Crippen LogP contribution in [0.5, 0.6) is 0 Å². The Morgan fingerprint density at radius 3 is 2.65 bits per heavy atom. The number of carbonyl (C=O) groups is 1. The lowest BCUT2D eigenvalue weighted by atomic mass is 9.89. The van der Waals surface area contributed by atoms with Crippen LogP contribution >= 0.6 is 11.3 Å². The van der Waals surface area contributed by atoms with Crippen LogP contribution in [0.2, 0.25) is 0 Å². The molecule has 1 heterocycles. The van der Waals surface area contributed by atoms with Gasteiger partial charge in [0.1, 0.15) is 5.60 Å². The van der Waals surface area contributed by atoms with Crippen LogP contribution in [0, 0.1) is 5.92 Å². The zero-order valence-electron chi connectivity index (χ0n) is 15.9. The number of thiophene rings is 1. The monoisotopic (exact) mass is 380 g/mol. The van der Waals surface area contributed by atoms with Gasteiger partial charge in [-0.15, -0.1) is 11.3 Å². The average molecular weight is 381 g/mol. The largest absolute Gasteiger partial charge is 0.383 e. The first-order valence-corrected chi connectivity index (χ1v) is 10.5. The van der Waals surface area contributed by atoms with Crippen molar-refractivity contribution < 1.29 is 9.90 Å². The number of aliphatic imine (C=N–C) groups is 1. The minimum atomic E-state index is -0.980. The van der Waals surface area contributed by atoms with E-state index >= 15 is 0 Å². The molecule has 146 valence electrons. The zero-order valence-corrected chi connectivity index (χ0v) is 16.7. The van der Waals surface area contributed by atoms with Crippen molar-refractivity contribution in [3.63, 3.8) is 0 Å². The highest BCUT2D eigenvalue weighted by molar-refractivity contribution is 7.10. The molecule has 1 aliphatic carbocycles. The van der Waals surface area contributed by atoms with E-state index in [0.717, 1.165) is 37.1 Å². The van der Waals surface area contributed by atoms with Crippen molar-refractivity contribution in [2.75, 3.05) is 26.2 Å². The topological polar surface area (TPSA) is 85.8 Å². The molecule has 0 spiro atoms. The Morgan fingerprint density at radius 1 is 1.27 bits per heavy atom. The van der Waals surface area contributed by atoms with Gasteiger partial charge in [0.2, 0.25) is 5.91 Å². The second kappa shape index (κ2) is 10.5. The summed E-state index contributed by atoms with van der Waals surface area (Å²) in [6.45, 7) is 5.96. The normalized spacial score (nSPS) is 18.2. The number of aliphatic hydroxyl groups is 1. The molecule has 1 unspecified atom stereocenters. The first-order chi connectivity index (χ1) is 12.5. The molecule has 2 rings (SSSR count). The minimum absolute atomic E-state index is 0.175. The number of nitrogens with zero attached hydrogens (tertiary/aromatic N) is 1. The molecule has 1 saturated carbocycles. The van der Waals surface area contributed by atoms with Gasteiger partial charge in [-0.3, -0.25) is 4.79 Å². The fraction of sp³-hybridized carbons (Fsp3) is 0.684. The van der Waals surface area contributed by atoms with Crippen molar-refractivity contribution >= 4 is 23.2 Å². The van der Waals surface area contributed by atoms with Crippen molar-refractivity contribution in [2.24, 2.45) is 10.9 Å². The lowest BCUT2D eigenvalue weighted by molar-refractivity contribution is -0.125. The average Bonchev–Trinajstić information content (AvgIpc) is 3.19. The molecule has 1 aromatic rings. The van der Waals surface area contributed by atoms with Gasteiger partial charge in [0, 0.05) is 30.4 Å². The van der Waals surface area contributed by atoms with E-state index in [2.05, 4.69) is 20.9 Å². The van der Waals surface area contributed by atoms with Crippen molar-refractivity contribution in [1.29, 1.82) is 0 Å². The van der Waals surface area contributed by atoms with E-state index in [1.807, 2.05) is 24.4 Å². The second-order valence-electron chi connectivity index (χ2n) is 7.00. The van der Waals surface area contributed by atoms with E-state index in [0.29, 0.717) is 19.0 Å². The summed E-state index contributed by atoms with van der Waals surface area (Å²) in [6, 6.07) is 3.85. The molecule has 0 radical (unpaired) electrons. The highest BCUT2D eigenvalue weighted by Gasteiger charge is 2.24. The van der Waals surface area contributed by atoms with E-state index < -0.39 is 5.60 Å². The summed E-state index contributed by atoms with van der Waals surface area (Å²) in [6.07, 6.45) is 5.61. The third-order valence-corrected chi connectivity index (χ3v) is 5.76. The van der Waals surface area contributed by atoms with E-state index in [4.69, 9.17) is 0 Å². The Morgan fingerprint density at radius 2 is 2.00 bits per heavy atom. The van der Waals surface area contributed by atoms with Crippen molar-refractivity contribution in [3.8, 4) is 0 Å². The van der Waals surface area contributed by atoms with Crippen LogP contribution < -0.4 is 16.0 Å². The summed E-state index contributed by atoms with van der Waals surface area (Å²) < 4.78 is 0. The van der Waals surface area contributed by atoms with Crippen LogP contribution in [-0.4, -0.2) is 43.2 Å². The van der Waals surface area contributed by atoms with Crippen molar-refractivity contribution in [2.45, 2.75) is 51.6 Å². The van der Waals surface area contributed by atoms with Crippen molar-refractivity contribution in [1.82, 2.24) is 16.0 Å². The number of hydrogen-bond acceptors (Lipinski definition) is 4. The maximum absolute atomic E-state index is 12.1. The maximum Gasteiger partial charge on any atom is 0.223 e. The summed E-state index contributed by atoms with van der Waals surface area (Å²) in [4.78, 5) is 17.5. The molecule has 1 aliphatic rings. The lowest BCUT2D eigenvalue weighted by Crippen LogP contribution is -2.43. The number of nitrogens with one attached hydrogen (secondary N) is 3. The summed E-state index contributed by atoms with van der Waals surface area (Å²) in [5.41, 5.74) is -0.980. The number of amides is 1. The Labute approximate surface area is 160 Å². The fourth-order valence-corrected chi connectivity index (χ4v) is 3.89. The molecule has 7 heteroatoms. The van der Waals surface area contributed by atoms with Gasteiger partial charge in [-0.1, -0.05) is 25.3 Å². The Kier molecular flexibility index (Phi) is 8.38. The van der Waals surface area contributed by atoms with E-state index in [9.17, 15) is 9.90 Å². The second-order valence-corrected chi connectivity index (χ2v) is 7.95. The number of rotatable bonds is 8. The smallest absolute Gasteiger partial charge is 0.223 e. The first kappa shape index (κ1) is 20.7. The number of guanidine groups is 1. The van der Waals surface area contributed by atoms with E-state index in [1.165, 1.54) is 17.8 Å². The highest BCUT2D eigenvalue weighted by Crippen LogP contribution is 2.25. The molecule has 0 saturated heterocycles. The zero-order chi connectivity index (χ0) is 18.8. The van der Waals surface area contributed by atoms with E-state index in [-0.39, 0.29) is 18.4 Å². The number of hydrogen-bond donors (Lipinski definition) is 4. The molecule has 6 nitrogen and oxygen atoms in total. The van der Waals surface area contributed by atoms with Gasteiger partial charge in [0.05, 0.1) is 6.54 Å². The molecular formula is C19H32N4O2S. The van der Waals surface area contributed by atoms with Crippen molar-refractivity contribution in [3.05, 3.63) is 22.4 Å². The van der Waals surface area contributed by atoms with Gasteiger partial charge in [0.25, 0.3) is 0 Å². The summed E-state index contributed by atoms with van der Waals surface area (Å²) in [7, 11) is 0. The summed E-state index contributed by atoms with van der Waals surface area (Å²) in [5.74, 6) is 1.01. The van der Waals surface area contributed by atoms with Gasteiger partial charge in [0.15, 0.2) is 5.96 Å². The lowest BCUT2D eigenvalue weighted by Gasteiger charge is -2.21. The molecule has 0 aromatic carbocycles. The molecular weight excluding hydrogens is 348 g/mol. The van der Waals surface area contributed by atoms with Gasteiger partial charge in [-0.05, 0) is 38.1 Å². The molecule has 1 fully saturated rings. The molecule has 0 aliphatic heterocycles. The summed E-state index contributed by atoms with van der Waals surface area (Å²) in [5, 5.41) is 21.9. The first-order valence-electron chi connectivity index (χ1n) is 9.59.